The van der Waals surface area contributed by atoms with Crippen LogP contribution in [0.2, 0.25) is 0 Å². The zero-order valence-corrected chi connectivity index (χ0v) is 14.4. The molecule has 24 heavy (non-hydrogen) atoms. The molecule has 122 valence electrons. The number of aromatic carboxylic acids is 1. The second kappa shape index (κ2) is 6.08. The predicted molar refractivity (Wildman–Crippen MR) is 97.7 cm³/mol. The fourth-order valence-corrected chi connectivity index (χ4v) is 2.89. The van der Waals surface area contributed by atoms with Crippen LogP contribution in [0.25, 0.3) is 22.2 Å². The zero-order chi connectivity index (χ0) is 17.4. The smallest absolute Gasteiger partial charge is 0.336 e. The van der Waals surface area contributed by atoms with Crippen molar-refractivity contribution in [2.24, 2.45) is 0 Å². The Labute approximate surface area is 142 Å². The van der Waals surface area contributed by atoms with E-state index in [9.17, 15) is 9.90 Å². The molecule has 0 aliphatic carbocycles. The van der Waals surface area contributed by atoms with Crippen molar-refractivity contribution in [3.63, 3.8) is 0 Å². The fourth-order valence-electron chi connectivity index (χ4n) is 2.89. The molecule has 3 nitrogen and oxygen atoms in total. The van der Waals surface area contributed by atoms with Gasteiger partial charge < -0.3 is 5.11 Å². The molecule has 0 radical (unpaired) electrons. The standard InChI is InChI=1S/C21H21NO2/c1-12(2)15-6-8-16(9-7-15)19-11-18(21(23)24)17-10-5-13(3)14(4)20(17)22-19/h5-12H,1-4H3,(H,23,24). The van der Waals surface area contributed by atoms with E-state index < -0.39 is 5.97 Å². The molecule has 0 bridgehead atoms. The van der Waals surface area contributed by atoms with Crippen molar-refractivity contribution in [3.8, 4) is 11.3 Å². The lowest BCUT2D eigenvalue weighted by Crippen LogP contribution is -2.02. The van der Waals surface area contributed by atoms with Gasteiger partial charge in [-0.1, -0.05) is 50.2 Å². The van der Waals surface area contributed by atoms with E-state index in [0.717, 1.165) is 22.2 Å². The summed E-state index contributed by atoms with van der Waals surface area (Å²) in [5.41, 5.74) is 6.08. The van der Waals surface area contributed by atoms with E-state index in [1.807, 2.05) is 38.1 Å². The van der Waals surface area contributed by atoms with Crippen LogP contribution in [0.1, 0.15) is 46.8 Å². The highest BCUT2D eigenvalue weighted by Gasteiger charge is 2.15. The Morgan fingerprint density at radius 3 is 2.29 bits per heavy atom. The molecular formula is C21H21NO2. The van der Waals surface area contributed by atoms with Gasteiger partial charge in [-0.15, -0.1) is 0 Å². The van der Waals surface area contributed by atoms with E-state index in [1.54, 1.807) is 6.07 Å². The van der Waals surface area contributed by atoms with Gasteiger partial charge in [0.1, 0.15) is 0 Å². The minimum absolute atomic E-state index is 0.297. The highest BCUT2D eigenvalue weighted by molar-refractivity contribution is 6.04. The quantitative estimate of drug-likeness (QED) is 0.709. The molecule has 0 fully saturated rings. The largest absolute Gasteiger partial charge is 0.478 e. The maximum absolute atomic E-state index is 11.7. The number of carbonyl (C=O) groups is 1. The normalized spacial score (nSPS) is 11.2. The summed E-state index contributed by atoms with van der Waals surface area (Å²) in [5, 5.41) is 10.3. The summed E-state index contributed by atoms with van der Waals surface area (Å²) in [4.78, 5) is 16.5. The van der Waals surface area contributed by atoms with Gasteiger partial charge in [0.05, 0.1) is 16.8 Å². The van der Waals surface area contributed by atoms with E-state index in [0.29, 0.717) is 22.6 Å². The van der Waals surface area contributed by atoms with Crippen LogP contribution >= 0.6 is 0 Å². The van der Waals surface area contributed by atoms with Crippen LogP contribution < -0.4 is 0 Å². The van der Waals surface area contributed by atoms with Crippen molar-refractivity contribution >= 4 is 16.9 Å². The van der Waals surface area contributed by atoms with Gasteiger partial charge >= 0.3 is 5.97 Å². The number of rotatable bonds is 3. The van der Waals surface area contributed by atoms with E-state index in [1.165, 1.54) is 5.56 Å². The number of nitrogens with zero attached hydrogens (tertiary/aromatic N) is 1. The Hall–Kier alpha value is -2.68. The number of benzene rings is 2. The number of hydrogen-bond donors (Lipinski definition) is 1. The number of aryl methyl sites for hydroxylation is 2. The lowest BCUT2D eigenvalue weighted by atomic mass is 9.97. The summed E-state index contributed by atoms with van der Waals surface area (Å²) in [7, 11) is 0. The van der Waals surface area contributed by atoms with Crippen LogP contribution in [-0.2, 0) is 0 Å². The van der Waals surface area contributed by atoms with Crippen LogP contribution in [0.3, 0.4) is 0 Å². The molecule has 0 aliphatic heterocycles. The van der Waals surface area contributed by atoms with Crippen molar-refractivity contribution in [2.75, 3.05) is 0 Å². The average Bonchev–Trinajstić information content (AvgIpc) is 2.57. The third kappa shape index (κ3) is 2.78. The molecule has 0 aliphatic rings. The van der Waals surface area contributed by atoms with Crippen molar-refractivity contribution < 1.29 is 9.90 Å². The first-order valence-corrected chi connectivity index (χ1v) is 8.13. The van der Waals surface area contributed by atoms with Crippen molar-refractivity contribution in [1.82, 2.24) is 4.98 Å². The lowest BCUT2D eigenvalue weighted by Gasteiger charge is -2.12. The van der Waals surface area contributed by atoms with E-state index in [-0.39, 0.29) is 0 Å². The molecule has 0 saturated carbocycles. The van der Waals surface area contributed by atoms with Crippen LogP contribution in [-0.4, -0.2) is 16.1 Å². The maximum atomic E-state index is 11.7. The van der Waals surface area contributed by atoms with Gasteiger partial charge in [-0.05, 0) is 42.5 Å². The highest BCUT2D eigenvalue weighted by Crippen LogP contribution is 2.29. The SMILES string of the molecule is Cc1ccc2c(C(=O)O)cc(-c3ccc(C(C)C)cc3)nc2c1C. The first-order valence-electron chi connectivity index (χ1n) is 8.13. The Morgan fingerprint density at radius 1 is 1.04 bits per heavy atom. The summed E-state index contributed by atoms with van der Waals surface area (Å²) in [6.07, 6.45) is 0. The first-order chi connectivity index (χ1) is 11.4. The van der Waals surface area contributed by atoms with E-state index in [4.69, 9.17) is 4.98 Å². The molecule has 3 rings (SSSR count). The first kappa shape index (κ1) is 16.2. The number of carboxylic acid groups (broad SMARTS) is 1. The number of carboxylic acids is 1. The van der Waals surface area contributed by atoms with Gasteiger partial charge in [0, 0.05) is 10.9 Å². The Kier molecular flexibility index (Phi) is 4.10. The maximum Gasteiger partial charge on any atom is 0.336 e. The molecule has 0 amide bonds. The molecule has 0 spiro atoms. The summed E-state index contributed by atoms with van der Waals surface area (Å²) in [5.74, 6) is -0.464. The number of pyridine rings is 1. The second-order valence-electron chi connectivity index (χ2n) is 6.54. The lowest BCUT2D eigenvalue weighted by molar-refractivity contribution is 0.0699. The third-order valence-electron chi connectivity index (χ3n) is 4.61. The van der Waals surface area contributed by atoms with Gasteiger partial charge in [0.2, 0.25) is 0 Å². The van der Waals surface area contributed by atoms with Gasteiger partial charge in [0.25, 0.3) is 0 Å². The van der Waals surface area contributed by atoms with Gasteiger partial charge in [-0.2, -0.15) is 0 Å². The zero-order valence-electron chi connectivity index (χ0n) is 14.4. The van der Waals surface area contributed by atoms with Gasteiger partial charge in [0.15, 0.2) is 0 Å². The molecule has 0 atom stereocenters. The van der Waals surface area contributed by atoms with Crippen LogP contribution in [0.4, 0.5) is 0 Å². The fraction of sp³-hybridized carbons (Fsp3) is 0.238. The van der Waals surface area contributed by atoms with Crippen LogP contribution in [0, 0.1) is 13.8 Å². The average molecular weight is 319 g/mol. The molecule has 3 aromatic rings. The molecule has 0 saturated heterocycles. The van der Waals surface area contributed by atoms with E-state index in [2.05, 4.69) is 26.0 Å². The Bertz CT molecular complexity index is 925. The van der Waals surface area contributed by atoms with Crippen LogP contribution in [0.15, 0.2) is 42.5 Å². The van der Waals surface area contributed by atoms with Gasteiger partial charge in [-0.25, -0.2) is 9.78 Å². The number of hydrogen-bond acceptors (Lipinski definition) is 2. The molecule has 0 unspecified atom stereocenters. The number of aromatic nitrogens is 1. The summed E-state index contributed by atoms with van der Waals surface area (Å²) < 4.78 is 0. The van der Waals surface area contributed by atoms with Crippen LogP contribution in [0.5, 0.6) is 0 Å². The minimum Gasteiger partial charge on any atom is -0.478 e. The van der Waals surface area contributed by atoms with Crippen molar-refractivity contribution in [2.45, 2.75) is 33.6 Å². The predicted octanol–water partition coefficient (Wildman–Crippen LogP) is 5.34. The molecule has 3 heteroatoms. The third-order valence-corrected chi connectivity index (χ3v) is 4.61. The summed E-state index contributed by atoms with van der Waals surface area (Å²) in [6, 6.07) is 13.7. The molecule has 1 aromatic heterocycles. The minimum atomic E-state index is -0.925. The highest BCUT2D eigenvalue weighted by atomic mass is 16.4. The second-order valence-corrected chi connectivity index (χ2v) is 6.54. The Balaban J connectivity index is 2.25. The number of fused-ring (bicyclic) bond motifs is 1. The molecule has 2 aromatic carbocycles. The van der Waals surface area contributed by atoms with Gasteiger partial charge in [-0.3, -0.25) is 0 Å². The topological polar surface area (TPSA) is 50.2 Å². The monoisotopic (exact) mass is 319 g/mol. The van der Waals surface area contributed by atoms with E-state index >= 15 is 0 Å². The summed E-state index contributed by atoms with van der Waals surface area (Å²) in [6.45, 7) is 8.30. The molecular weight excluding hydrogens is 298 g/mol. The summed E-state index contributed by atoms with van der Waals surface area (Å²) >= 11 is 0. The van der Waals surface area contributed by atoms with Crippen molar-refractivity contribution in [1.29, 1.82) is 0 Å². The Morgan fingerprint density at radius 2 is 1.71 bits per heavy atom. The molecule has 1 heterocycles. The molecule has 1 N–H and O–H groups in total. The van der Waals surface area contributed by atoms with Crippen molar-refractivity contribution in [3.05, 3.63) is 64.7 Å².